The van der Waals surface area contributed by atoms with Crippen molar-refractivity contribution in [1.82, 2.24) is 5.32 Å². The van der Waals surface area contributed by atoms with E-state index < -0.39 is 5.82 Å². The van der Waals surface area contributed by atoms with Crippen molar-refractivity contribution in [3.8, 4) is 0 Å². The van der Waals surface area contributed by atoms with E-state index in [1.807, 2.05) is 31.2 Å². The predicted octanol–water partition coefficient (Wildman–Crippen LogP) is 3.82. The summed E-state index contributed by atoms with van der Waals surface area (Å²) in [5, 5.41) is 6.41. The molecule has 0 aliphatic heterocycles. The van der Waals surface area contributed by atoms with E-state index in [4.69, 9.17) is 4.84 Å². The number of amides is 1. The van der Waals surface area contributed by atoms with Gasteiger partial charge < -0.3 is 10.2 Å². The van der Waals surface area contributed by atoms with E-state index in [1.54, 1.807) is 18.2 Å². The van der Waals surface area contributed by atoms with Crippen molar-refractivity contribution in [2.24, 2.45) is 5.16 Å². The van der Waals surface area contributed by atoms with Gasteiger partial charge in [-0.25, -0.2) is 4.39 Å². The van der Waals surface area contributed by atoms with Crippen molar-refractivity contribution in [2.75, 3.05) is 6.61 Å². The Hall–Kier alpha value is -2.21. The highest BCUT2D eigenvalue weighted by molar-refractivity contribution is 9.10. The lowest BCUT2D eigenvalue weighted by Crippen LogP contribution is -2.29. The maximum atomic E-state index is 13.3. The van der Waals surface area contributed by atoms with E-state index >= 15 is 0 Å². The molecule has 0 aliphatic carbocycles. The van der Waals surface area contributed by atoms with Crippen molar-refractivity contribution in [1.29, 1.82) is 0 Å². The molecule has 1 N–H and O–H groups in total. The molecule has 0 radical (unpaired) electrons. The average Bonchev–Trinajstić information content (AvgIpc) is 2.53. The Kier molecular flexibility index (Phi) is 6.29. The van der Waals surface area contributed by atoms with Crippen LogP contribution in [0.3, 0.4) is 0 Å². The maximum Gasteiger partial charge on any atom is 0.261 e. The Balaban J connectivity index is 1.81. The van der Waals surface area contributed by atoms with Gasteiger partial charge in [0.1, 0.15) is 5.82 Å². The molecule has 0 aromatic heterocycles. The molecule has 0 aliphatic rings. The summed E-state index contributed by atoms with van der Waals surface area (Å²) in [6, 6.07) is 13.6. The second-order valence-electron chi connectivity index (χ2n) is 4.84. The van der Waals surface area contributed by atoms with Crippen LogP contribution in [0.1, 0.15) is 24.1 Å². The molecule has 2 rings (SSSR count). The van der Waals surface area contributed by atoms with E-state index in [0.717, 1.165) is 10.0 Å². The normalized spacial score (nSPS) is 12.1. The van der Waals surface area contributed by atoms with Crippen LogP contribution in [0.5, 0.6) is 0 Å². The number of hydrogen-bond acceptors (Lipinski definition) is 3. The zero-order valence-corrected chi connectivity index (χ0v) is 14.1. The lowest BCUT2D eigenvalue weighted by molar-refractivity contribution is -0.126. The number of oxime groups is 1. The molecule has 2 aromatic rings. The molecule has 4 nitrogen and oxygen atoms in total. The van der Waals surface area contributed by atoms with Crippen LogP contribution >= 0.6 is 15.9 Å². The molecule has 2 aromatic carbocycles. The molecule has 23 heavy (non-hydrogen) atoms. The van der Waals surface area contributed by atoms with Crippen LogP contribution in [0.25, 0.3) is 0 Å². The lowest BCUT2D eigenvalue weighted by atomic mass is 10.1. The topological polar surface area (TPSA) is 50.7 Å². The van der Waals surface area contributed by atoms with Crippen molar-refractivity contribution in [3.63, 3.8) is 0 Å². The van der Waals surface area contributed by atoms with E-state index in [2.05, 4.69) is 26.4 Å². The van der Waals surface area contributed by atoms with Gasteiger partial charge in [-0.2, -0.15) is 0 Å². The minimum atomic E-state index is -0.396. The number of carbonyl (C=O) groups excluding carboxylic acids is 1. The number of carbonyl (C=O) groups is 1. The zero-order valence-electron chi connectivity index (χ0n) is 12.5. The molecule has 120 valence electrons. The highest BCUT2D eigenvalue weighted by Gasteiger charge is 2.12. The van der Waals surface area contributed by atoms with Gasteiger partial charge >= 0.3 is 0 Å². The number of rotatable bonds is 6. The van der Waals surface area contributed by atoms with Gasteiger partial charge in [0.25, 0.3) is 5.91 Å². The highest BCUT2D eigenvalue weighted by atomic mass is 79.9. The van der Waals surface area contributed by atoms with Gasteiger partial charge in [-0.05, 0) is 24.6 Å². The van der Waals surface area contributed by atoms with Gasteiger partial charge in [0, 0.05) is 10.0 Å². The third-order valence-corrected chi connectivity index (χ3v) is 3.84. The molecule has 0 heterocycles. The summed E-state index contributed by atoms with van der Waals surface area (Å²) in [6.45, 7) is 1.64. The van der Waals surface area contributed by atoms with Crippen molar-refractivity contribution in [3.05, 3.63) is 69.9 Å². The third kappa shape index (κ3) is 5.17. The van der Waals surface area contributed by atoms with E-state index in [9.17, 15) is 9.18 Å². The highest BCUT2D eigenvalue weighted by Crippen LogP contribution is 2.22. The SMILES string of the molecule is C[C@H](NC(=O)CO/N=C\c1ccccc1F)c1ccccc1Br. The summed E-state index contributed by atoms with van der Waals surface area (Å²) in [7, 11) is 0. The summed E-state index contributed by atoms with van der Waals surface area (Å²) >= 11 is 3.44. The van der Waals surface area contributed by atoms with Crippen LogP contribution in [0.15, 0.2) is 58.2 Å². The molecule has 0 saturated carbocycles. The molecule has 0 saturated heterocycles. The second kappa shape index (κ2) is 8.43. The van der Waals surface area contributed by atoms with Crippen LogP contribution in [0.2, 0.25) is 0 Å². The Bertz CT molecular complexity index is 706. The lowest BCUT2D eigenvalue weighted by Gasteiger charge is -2.15. The summed E-state index contributed by atoms with van der Waals surface area (Å²) in [5.74, 6) is -0.703. The van der Waals surface area contributed by atoms with Crippen molar-refractivity contribution >= 4 is 28.1 Å². The molecule has 1 atom stereocenters. The summed E-state index contributed by atoms with van der Waals surface area (Å²) in [4.78, 5) is 16.7. The number of benzene rings is 2. The molecular weight excluding hydrogens is 363 g/mol. The largest absolute Gasteiger partial charge is 0.386 e. The molecule has 0 spiro atoms. The molecule has 1 amide bonds. The minimum absolute atomic E-state index is 0.169. The van der Waals surface area contributed by atoms with Crippen LogP contribution < -0.4 is 5.32 Å². The number of nitrogens with zero attached hydrogens (tertiary/aromatic N) is 1. The minimum Gasteiger partial charge on any atom is -0.386 e. The molecule has 0 bridgehead atoms. The molecule has 6 heteroatoms. The summed E-state index contributed by atoms with van der Waals surface area (Å²) < 4.78 is 14.3. The van der Waals surface area contributed by atoms with Gasteiger partial charge in [-0.3, -0.25) is 4.79 Å². The first-order valence-corrected chi connectivity index (χ1v) is 7.81. The van der Waals surface area contributed by atoms with Gasteiger partial charge in [0.15, 0.2) is 6.61 Å². The Morgan fingerprint density at radius 1 is 1.30 bits per heavy atom. The van der Waals surface area contributed by atoms with Gasteiger partial charge in [-0.1, -0.05) is 57.5 Å². The molecule has 0 unspecified atom stereocenters. The van der Waals surface area contributed by atoms with Crippen LogP contribution in [0.4, 0.5) is 4.39 Å². The second-order valence-corrected chi connectivity index (χ2v) is 5.69. The van der Waals surface area contributed by atoms with Crippen molar-refractivity contribution < 1.29 is 14.0 Å². The van der Waals surface area contributed by atoms with E-state index in [-0.39, 0.29) is 18.6 Å². The quantitative estimate of drug-likeness (QED) is 0.613. The fraction of sp³-hybridized carbons (Fsp3) is 0.176. The van der Waals surface area contributed by atoms with Gasteiger partial charge in [0.2, 0.25) is 0 Å². The van der Waals surface area contributed by atoms with Gasteiger partial charge in [0.05, 0.1) is 12.3 Å². The fourth-order valence-corrected chi connectivity index (χ4v) is 2.59. The zero-order chi connectivity index (χ0) is 16.7. The third-order valence-electron chi connectivity index (χ3n) is 3.12. The van der Waals surface area contributed by atoms with Crippen LogP contribution in [-0.4, -0.2) is 18.7 Å². The van der Waals surface area contributed by atoms with Crippen LogP contribution in [0, 0.1) is 5.82 Å². The summed E-state index contributed by atoms with van der Waals surface area (Å²) in [6.07, 6.45) is 1.24. The number of halogens is 2. The van der Waals surface area contributed by atoms with Gasteiger partial charge in [-0.15, -0.1) is 0 Å². The Labute approximate surface area is 142 Å². The first-order valence-electron chi connectivity index (χ1n) is 7.01. The number of nitrogens with one attached hydrogen (secondary N) is 1. The van der Waals surface area contributed by atoms with Crippen molar-refractivity contribution in [2.45, 2.75) is 13.0 Å². The predicted molar refractivity (Wildman–Crippen MR) is 90.6 cm³/mol. The Morgan fingerprint density at radius 3 is 2.74 bits per heavy atom. The Morgan fingerprint density at radius 2 is 2.00 bits per heavy atom. The standard InChI is InChI=1S/C17H16BrFN2O2/c1-12(14-7-3-4-8-15(14)18)21-17(22)11-23-20-10-13-6-2-5-9-16(13)19/h2-10,12H,11H2,1H3,(H,21,22)/b20-10-/t12-/m0/s1. The first-order chi connectivity index (χ1) is 11.1. The number of hydrogen-bond donors (Lipinski definition) is 1. The average molecular weight is 379 g/mol. The smallest absolute Gasteiger partial charge is 0.261 e. The summed E-state index contributed by atoms with van der Waals surface area (Å²) in [5.41, 5.74) is 1.27. The monoisotopic (exact) mass is 378 g/mol. The fourth-order valence-electron chi connectivity index (χ4n) is 1.96. The van der Waals surface area contributed by atoms with E-state index in [1.165, 1.54) is 12.3 Å². The molecular formula is C17H16BrFN2O2. The van der Waals surface area contributed by atoms with Crippen LogP contribution in [-0.2, 0) is 9.63 Å². The molecule has 0 fully saturated rings. The maximum absolute atomic E-state index is 13.3. The first kappa shape index (κ1) is 17.1. The van der Waals surface area contributed by atoms with E-state index in [0.29, 0.717) is 5.56 Å².